The Kier molecular flexibility index (Phi) is 5.44. The molecule has 1 amide bonds. The van der Waals surface area contributed by atoms with Crippen LogP contribution in [0.4, 0.5) is 0 Å². The summed E-state index contributed by atoms with van der Waals surface area (Å²) in [7, 11) is 0. The Balaban J connectivity index is 1.46. The number of halogens is 1. The fourth-order valence-electron chi connectivity index (χ4n) is 3.92. The highest BCUT2D eigenvalue weighted by Gasteiger charge is 2.27. The zero-order valence-electron chi connectivity index (χ0n) is 15.9. The van der Waals surface area contributed by atoms with Crippen molar-refractivity contribution in [2.75, 3.05) is 13.1 Å². The minimum absolute atomic E-state index is 0.0457. The summed E-state index contributed by atoms with van der Waals surface area (Å²) in [6, 6.07) is 16.1. The van der Waals surface area contributed by atoms with Gasteiger partial charge in [0.25, 0.3) is 5.91 Å². The van der Waals surface area contributed by atoms with E-state index in [4.69, 9.17) is 11.6 Å². The standard InChI is InChI=1S/C22H23ClN4O/c1-16-6-2-3-10-20(16)18-8-5-11-26(14-18)22(28)21-15-27(25-24-21)13-17-7-4-9-19(23)12-17/h2-4,6-7,9-10,12,15,18H,5,8,11,13-14H2,1H3. The number of piperidine rings is 1. The van der Waals surface area contributed by atoms with E-state index in [1.807, 2.05) is 29.2 Å². The van der Waals surface area contributed by atoms with Crippen LogP contribution in [0, 0.1) is 6.92 Å². The van der Waals surface area contributed by atoms with E-state index in [1.165, 1.54) is 11.1 Å². The summed E-state index contributed by atoms with van der Waals surface area (Å²) in [5.74, 6) is 0.330. The molecule has 6 heteroatoms. The van der Waals surface area contributed by atoms with E-state index >= 15 is 0 Å². The number of aryl methyl sites for hydroxylation is 1. The number of carbonyl (C=O) groups excluding carboxylic acids is 1. The van der Waals surface area contributed by atoms with Gasteiger partial charge in [0.05, 0.1) is 12.7 Å². The van der Waals surface area contributed by atoms with Crippen LogP contribution >= 0.6 is 11.6 Å². The first-order chi connectivity index (χ1) is 13.6. The predicted octanol–water partition coefficient (Wildman–Crippen LogP) is 4.31. The van der Waals surface area contributed by atoms with E-state index < -0.39 is 0 Å². The number of hydrogen-bond donors (Lipinski definition) is 0. The maximum absolute atomic E-state index is 13.0. The van der Waals surface area contributed by atoms with Gasteiger partial charge in [-0.3, -0.25) is 4.79 Å². The lowest BCUT2D eigenvalue weighted by Gasteiger charge is -2.33. The highest BCUT2D eigenvalue weighted by molar-refractivity contribution is 6.30. The van der Waals surface area contributed by atoms with E-state index in [-0.39, 0.29) is 5.91 Å². The van der Waals surface area contributed by atoms with Gasteiger partial charge in [-0.15, -0.1) is 5.10 Å². The molecule has 4 rings (SSSR count). The molecule has 3 aromatic rings. The maximum atomic E-state index is 13.0. The van der Waals surface area contributed by atoms with Crippen molar-refractivity contribution in [3.63, 3.8) is 0 Å². The fraction of sp³-hybridized carbons (Fsp3) is 0.318. The Morgan fingerprint density at radius 3 is 2.89 bits per heavy atom. The Bertz CT molecular complexity index is 984. The number of carbonyl (C=O) groups is 1. The minimum atomic E-state index is -0.0457. The molecule has 1 saturated heterocycles. The summed E-state index contributed by atoms with van der Waals surface area (Å²) >= 11 is 6.04. The van der Waals surface area contributed by atoms with Crippen LogP contribution < -0.4 is 0 Å². The molecule has 0 aliphatic carbocycles. The molecular formula is C22H23ClN4O. The molecular weight excluding hydrogens is 372 g/mol. The highest BCUT2D eigenvalue weighted by atomic mass is 35.5. The number of rotatable bonds is 4. The normalized spacial score (nSPS) is 16.9. The van der Waals surface area contributed by atoms with Crippen LogP contribution in [0.25, 0.3) is 0 Å². The molecule has 0 spiro atoms. The molecule has 0 saturated carbocycles. The monoisotopic (exact) mass is 394 g/mol. The van der Waals surface area contributed by atoms with Crippen molar-refractivity contribution in [2.45, 2.75) is 32.2 Å². The second-order valence-electron chi connectivity index (χ2n) is 7.38. The van der Waals surface area contributed by atoms with Crippen molar-refractivity contribution in [1.29, 1.82) is 0 Å². The molecule has 1 fully saturated rings. The summed E-state index contributed by atoms with van der Waals surface area (Å²) < 4.78 is 1.68. The summed E-state index contributed by atoms with van der Waals surface area (Å²) in [4.78, 5) is 14.9. The second kappa shape index (κ2) is 8.15. The van der Waals surface area contributed by atoms with Crippen molar-refractivity contribution in [3.05, 3.63) is 82.1 Å². The lowest BCUT2D eigenvalue weighted by molar-refractivity contribution is 0.0700. The second-order valence-corrected chi connectivity index (χ2v) is 7.81. The minimum Gasteiger partial charge on any atom is -0.337 e. The van der Waals surface area contributed by atoms with Gasteiger partial charge in [-0.1, -0.05) is 53.2 Å². The third-order valence-electron chi connectivity index (χ3n) is 5.33. The van der Waals surface area contributed by atoms with E-state index in [1.54, 1.807) is 10.9 Å². The molecule has 0 N–H and O–H groups in total. The Labute approximate surface area is 169 Å². The van der Waals surface area contributed by atoms with Crippen LogP contribution in [-0.2, 0) is 6.54 Å². The van der Waals surface area contributed by atoms with Gasteiger partial charge in [-0.05, 0) is 48.6 Å². The van der Waals surface area contributed by atoms with Gasteiger partial charge >= 0.3 is 0 Å². The van der Waals surface area contributed by atoms with Crippen molar-refractivity contribution < 1.29 is 4.79 Å². The van der Waals surface area contributed by atoms with Crippen LogP contribution in [0.5, 0.6) is 0 Å². The number of likely N-dealkylation sites (tertiary alicyclic amines) is 1. The molecule has 1 atom stereocenters. The molecule has 2 heterocycles. The average Bonchev–Trinajstić information content (AvgIpc) is 3.16. The van der Waals surface area contributed by atoms with Gasteiger partial charge in [0.15, 0.2) is 5.69 Å². The van der Waals surface area contributed by atoms with Crippen LogP contribution in [0.2, 0.25) is 5.02 Å². The van der Waals surface area contributed by atoms with Gasteiger partial charge in [0.1, 0.15) is 0 Å². The van der Waals surface area contributed by atoms with E-state index in [0.29, 0.717) is 23.2 Å². The van der Waals surface area contributed by atoms with Crippen LogP contribution in [0.3, 0.4) is 0 Å². The molecule has 144 valence electrons. The smallest absolute Gasteiger partial charge is 0.276 e. The summed E-state index contributed by atoms with van der Waals surface area (Å²) in [6.45, 7) is 4.16. The third kappa shape index (κ3) is 4.09. The molecule has 1 aromatic heterocycles. The number of hydrogen-bond acceptors (Lipinski definition) is 3. The molecule has 1 aliphatic rings. The van der Waals surface area contributed by atoms with Crippen molar-refractivity contribution in [1.82, 2.24) is 19.9 Å². The fourth-order valence-corrected chi connectivity index (χ4v) is 4.13. The SMILES string of the molecule is Cc1ccccc1C1CCCN(C(=O)c2cn(Cc3cccc(Cl)c3)nn2)C1. The van der Waals surface area contributed by atoms with E-state index in [9.17, 15) is 4.79 Å². The first-order valence-electron chi connectivity index (χ1n) is 9.59. The number of nitrogens with zero attached hydrogens (tertiary/aromatic N) is 4. The molecule has 1 aliphatic heterocycles. The molecule has 5 nitrogen and oxygen atoms in total. The van der Waals surface area contributed by atoms with Crippen LogP contribution in [0.15, 0.2) is 54.7 Å². The van der Waals surface area contributed by atoms with Crippen molar-refractivity contribution in [2.24, 2.45) is 0 Å². The number of benzene rings is 2. The summed E-state index contributed by atoms with van der Waals surface area (Å²) in [5.41, 5.74) is 4.04. The zero-order valence-corrected chi connectivity index (χ0v) is 16.6. The van der Waals surface area contributed by atoms with Gasteiger partial charge < -0.3 is 4.90 Å². The topological polar surface area (TPSA) is 51.0 Å². The quantitative estimate of drug-likeness (QED) is 0.662. The predicted molar refractivity (Wildman–Crippen MR) is 110 cm³/mol. The van der Waals surface area contributed by atoms with Gasteiger partial charge in [0, 0.05) is 24.0 Å². The van der Waals surface area contributed by atoms with Crippen LogP contribution in [0.1, 0.15) is 45.9 Å². The summed E-state index contributed by atoms with van der Waals surface area (Å²) in [6.07, 6.45) is 3.83. The molecule has 1 unspecified atom stereocenters. The lowest BCUT2D eigenvalue weighted by atomic mass is 9.88. The largest absolute Gasteiger partial charge is 0.337 e. The Hall–Kier alpha value is -2.66. The molecule has 2 aromatic carbocycles. The lowest BCUT2D eigenvalue weighted by Crippen LogP contribution is -2.39. The Morgan fingerprint density at radius 2 is 2.07 bits per heavy atom. The first kappa shape index (κ1) is 18.7. The van der Waals surface area contributed by atoms with Crippen molar-refractivity contribution >= 4 is 17.5 Å². The summed E-state index contributed by atoms with van der Waals surface area (Å²) in [5, 5.41) is 8.92. The number of amides is 1. The third-order valence-corrected chi connectivity index (χ3v) is 5.56. The molecule has 0 bridgehead atoms. The first-order valence-corrected chi connectivity index (χ1v) is 9.97. The molecule has 28 heavy (non-hydrogen) atoms. The molecule has 0 radical (unpaired) electrons. The average molecular weight is 395 g/mol. The Morgan fingerprint density at radius 1 is 1.21 bits per heavy atom. The van der Waals surface area contributed by atoms with Crippen molar-refractivity contribution in [3.8, 4) is 0 Å². The zero-order chi connectivity index (χ0) is 19.5. The van der Waals surface area contributed by atoms with Gasteiger partial charge in [0.2, 0.25) is 0 Å². The van der Waals surface area contributed by atoms with Crippen LogP contribution in [-0.4, -0.2) is 38.9 Å². The van der Waals surface area contributed by atoms with E-state index in [2.05, 4.69) is 41.5 Å². The van der Waals surface area contributed by atoms with Gasteiger partial charge in [-0.25, -0.2) is 4.68 Å². The van der Waals surface area contributed by atoms with E-state index in [0.717, 1.165) is 31.5 Å². The maximum Gasteiger partial charge on any atom is 0.276 e. The number of aromatic nitrogens is 3. The highest BCUT2D eigenvalue weighted by Crippen LogP contribution is 2.29. The van der Waals surface area contributed by atoms with Gasteiger partial charge in [-0.2, -0.15) is 0 Å².